The third-order valence-electron chi connectivity index (χ3n) is 5.95. The summed E-state index contributed by atoms with van der Waals surface area (Å²) in [6.45, 7) is 6.14. The molecule has 3 aromatic heterocycles. The highest BCUT2D eigenvalue weighted by Crippen LogP contribution is 2.30. The van der Waals surface area contributed by atoms with E-state index in [9.17, 15) is 13.2 Å². The summed E-state index contributed by atoms with van der Waals surface area (Å²) in [6, 6.07) is 10.3. The highest BCUT2D eigenvalue weighted by molar-refractivity contribution is 5.83. The molecular weight excluding hydrogens is 445 g/mol. The molecule has 4 aromatic rings. The Morgan fingerprint density at radius 1 is 1.03 bits per heavy atom. The number of hydrogen-bond acceptors (Lipinski definition) is 7. The van der Waals surface area contributed by atoms with E-state index in [-0.39, 0.29) is 11.7 Å². The molecule has 1 fully saturated rings. The normalized spacial score (nSPS) is 16.0. The Kier molecular flexibility index (Phi) is 5.88. The number of alkyl halides is 3. The summed E-state index contributed by atoms with van der Waals surface area (Å²) in [6.07, 6.45) is -1.84. The van der Waals surface area contributed by atoms with Crippen molar-refractivity contribution >= 4 is 22.8 Å². The van der Waals surface area contributed by atoms with Gasteiger partial charge in [0.05, 0.1) is 16.7 Å². The molecule has 0 saturated carbocycles. The molecule has 1 aliphatic heterocycles. The summed E-state index contributed by atoms with van der Waals surface area (Å²) >= 11 is 0. The van der Waals surface area contributed by atoms with E-state index >= 15 is 0 Å². The van der Waals surface area contributed by atoms with E-state index in [4.69, 9.17) is 0 Å². The first-order valence-corrected chi connectivity index (χ1v) is 10.9. The summed E-state index contributed by atoms with van der Waals surface area (Å²) in [5.41, 5.74) is 2.22. The molecule has 0 amide bonds. The summed E-state index contributed by atoms with van der Waals surface area (Å²) in [5.74, 6) is 1.15. The van der Waals surface area contributed by atoms with Gasteiger partial charge in [0.25, 0.3) is 0 Å². The predicted molar refractivity (Wildman–Crippen MR) is 122 cm³/mol. The van der Waals surface area contributed by atoms with Gasteiger partial charge >= 0.3 is 6.18 Å². The van der Waals surface area contributed by atoms with Crippen LogP contribution in [0.5, 0.6) is 0 Å². The molecule has 0 aliphatic carbocycles. The smallest absolute Gasteiger partial charge is 0.324 e. The molecule has 5 rings (SSSR count). The van der Waals surface area contributed by atoms with Crippen LogP contribution in [0.25, 0.3) is 22.3 Å². The average molecular weight is 468 g/mol. The maximum Gasteiger partial charge on any atom is 0.433 e. The zero-order chi connectivity index (χ0) is 23.7. The number of piperazine rings is 1. The van der Waals surface area contributed by atoms with E-state index in [0.717, 1.165) is 44.1 Å². The number of halogens is 3. The lowest BCUT2D eigenvalue weighted by Crippen LogP contribution is -2.44. The number of aromatic nitrogens is 5. The van der Waals surface area contributed by atoms with Gasteiger partial charge in [-0.25, -0.2) is 19.9 Å². The van der Waals surface area contributed by atoms with Crippen LogP contribution in [0.4, 0.5) is 24.9 Å². The molecule has 0 unspecified atom stereocenters. The highest BCUT2D eigenvalue weighted by Gasteiger charge is 2.32. The van der Waals surface area contributed by atoms with Gasteiger partial charge in [-0.05, 0) is 42.8 Å². The van der Waals surface area contributed by atoms with Gasteiger partial charge in [0.2, 0.25) is 5.95 Å². The van der Waals surface area contributed by atoms with Crippen molar-refractivity contribution in [2.24, 2.45) is 0 Å². The van der Waals surface area contributed by atoms with Crippen LogP contribution in [0.1, 0.15) is 24.2 Å². The van der Waals surface area contributed by atoms with Gasteiger partial charge in [-0.1, -0.05) is 6.07 Å². The number of nitrogens with zero attached hydrogens (tertiary/aromatic N) is 5. The minimum absolute atomic E-state index is 0.185. The quantitative estimate of drug-likeness (QED) is 0.405. The number of rotatable bonds is 5. The molecule has 0 bridgehead atoms. The Morgan fingerprint density at radius 2 is 1.85 bits per heavy atom. The Balaban J connectivity index is 1.37. The van der Waals surface area contributed by atoms with E-state index in [0.29, 0.717) is 28.4 Å². The van der Waals surface area contributed by atoms with Crippen molar-refractivity contribution in [2.75, 3.05) is 31.5 Å². The summed E-state index contributed by atoms with van der Waals surface area (Å²) in [5, 5.41) is 6.56. The summed E-state index contributed by atoms with van der Waals surface area (Å²) in [4.78, 5) is 21.8. The fourth-order valence-electron chi connectivity index (χ4n) is 4.08. The molecule has 0 radical (unpaired) electrons. The Hall–Kier alpha value is -3.57. The van der Waals surface area contributed by atoms with Crippen molar-refractivity contribution in [2.45, 2.75) is 19.1 Å². The minimum Gasteiger partial charge on any atom is -0.324 e. The molecule has 11 heteroatoms. The van der Waals surface area contributed by atoms with Crippen molar-refractivity contribution in [1.29, 1.82) is 0 Å². The van der Waals surface area contributed by atoms with Crippen LogP contribution in [-0.2, 0) is 6.18 Å². The molecule has 34 heavy (non-hydrogen) atoms. The first-order chi connectivity index (χ1) is 16.4. The molecule has 1 saturated heterocycles. The second-order valence-corrected chi connectivity index (χ2v) is 8.16. The molecule has 0 spiro atoms. The fraction of sp³-hybridized carbons (Fsp3) is 0.304. The number of imidazole rings is 1. The van der Waals surface area contributed by atoms with Crippen LogP contribution < -0.4 is 10.6 Å². The first kappa shape index (κ1) is 22.2. The van der Waals surface area contributed by atoms with E-state index in [1.165, 1.54) is 0 Å². The Morgan fingerprint density at radius 3 is 2.65 bits per heavy atom. The topological polar surface area (TPSA) is 94.6 Å². The lowest BCUT2D eigenvalue weighted by molar-refractivity contribution is -0.141. The fourth-order valence-corrected chi connectivity index (χ4v) is 4.08. The molecule has 3 N–H and O–H groups in total. The van der Waals surface area contributed by atoms with Gasteiger partial charge in [0.15, 0.2) is 0 Å². The van der Waals surface area contributed by atoms with Gasteiger partial charge < -0.3 is 15.6 Å². The molecule has 1 atom stereocenters. The highest BCUT2D eigenvalue weighted by atomic mass is 19.4. The number of hydrogen-bond donors (Lipinski definition) is 3. The molecular formula is C23H23F3N8. The number of aromatic amines is 1. The van der Waals surface area contributed by atoms with Gasteiger partial charge in [-0.2, -0.15) is 13.2 Å². The number of anilines is 2. The number of pyridine rings is 1. The first-order valence-electron chi connectivity index (χ1n) is 10.9. The van der Waals surface area contributed by atoms with Crippen LogP contribution in [0, 0.1) is 0 Å². The third kappa shape index (κ3) is 4.70. The molecule has 176 valence electrons. The maximum atomic E-state index is 13.0. The van der Waals surface area contributed by atoms with Crippen molar-refractivity contribution in [3.8, 4) is 11.3 Å². The number of benzene rings is 1. The van der Waals surface area contributed by atoms with Crippen molar-refractivity contribution in [1.82, 2.24) is 35.1 Å². The second-order valence-electron chi connectivity index (χ2n) is 8.16. The van der Waals surface area contributed by atoms with Gasteiger partial charge in [0.1, 0.15) is 17.8 Å². The van der Waals surface area contributed by atoms with Crippen molar-refractivity contribution in [3.63, 3.8) is 0 Å². The van der Waals surface area contributed by atoms with Crippen LogP contribution in [-0.4, -0.2) is 56.0 Å². The van der Waals surface area contributed by atoms with Crippen molar-refractivity contribution < 1.29 is 13.2 Å². The number of fused-ring (bicyclic) bond motifs is 1. The SMILES string of the molecule is C[C@H](c1ccnc(Nc2nc3ccc(-c4cc(C(F)(F)F)ncn4)cc3[nH]2)c1)N1CCNCC1. The van der Waals surface area contributed by atoms with E-state index in [1.807, 2.05) is 12.1 Å². The van der Waals surface area contributed by atoms with E-state index in [1.54, 1.807) is 24.4 Å². The lowest BCUT2D eigenvalue weighted by Gasteiger charge is -2.33. The molecule has 1 aromatic carbocycles. The number of H-pyrrole nitrogens is 1. The average Bonchev–Trinajstić information content (AvgIpc) is 3.25. The third-order valence-corrected chi connectivity index (χ3v) is 5.95. The van der Waals surface area contributed by atoms with Crippen LogP contribution in [0.2, 0.25) is 0 Å². The van der Waals surface area contributed by atoms with Gasteiger partial charge in [0, 0.05) is 44.0 Å². The number of nitrogens with one attached hydrogen (secondary N) is 3. The lowest BCUT2D eigenvalue weighted by atomic mass is 10.1. The summed E-state index contributed by atoms with van der Waals surface area (Å²) < 4.78 is 39.0. The van der Waals surface area contributed by atoms with E-state index < -0.39 is 11.9 Å². The van der Waals surface area contributed by atoms with Crippen LogP contribution in [0.3, 0.4) is 0 Å². The van der Waals surface area contributed by atoms with Crippen molar-refractivity contribution in [3.05, 3.63) is 60.2 Å². The monoisotopic (exact) mass is 468 g/mol. The largest absolute Gasteiger partial charge is 0.433 e. The minimum atomic E-state index is -4.53. The van der Waals surface area contributed by atoms with Gasteiger partial charge in [-0.3, -0.25) is 4.90 Å². The molecule has 8 nitrogen and oxygen atoms in total. The second kappa shape index (κ2) is 8.99. The maximum absolute atomic E-state index is 13.0. The van der Waals surface area contributed by atoms with E-state index in [2.05, 4.69) is 47.4 Å². The summed E-state index contributed by atoms with van der Waals surface area (Å²) in [7, 11) is 0. The Labute approximate surface area is 193 Å². The van der Waals surface area contributed by atoms with Crippen LogP contribution >= 0.6 is 0 Å². The molecule has 1 aliphatic rings. The standard InChI is InChI=1S/C23H23F3N8/c1-14(34-8-6-27-7-9-34)15-4-5-28-21(11-15)33-22-31-17-3-2-16(10-19(17)32-22)18-12-20(23(24,25)26)30-13-29-18/h2-5,10-14,27H,6-9H2,1H3,(H2,28,31,32,33)/t14-/m1/s1. The Bertz CT molecular complexity index is 1300. The van der Waals surface area contributed by atoms with Crippen LogP contribution in [0.15, 0.2) is 48.9 Å². The molecule has 4 heterocycles. The predicted octanol–water partition coefficient (Wildman–Crippen LogP) is 4.14. The van der Waals surface area contributed by atoms with Gasteiger partial charge in [-0.15, -0.1) is 0 Å². The zero-order valence-electron chi connectivity index (χ0n) is 18.4. The zero-order valence-corrected chi connectivity index (χ0v) is 18.4.